The van der Waals surface area contributed by atoms with E-state index in [2.05, 4.69) is 11.5 Å². The van der Waals surface area contributed by atoms with E-state index in [1.165, 1.54) is 0 Å². The van der Waals surface area contributed by atoms with Gasteiger partial charge in [-0.05, 0) is 4.57 Å². The van der Waals surface area contributed by atoms with Gasteiger partial charge in [0.05, 0.1) is 0 Å². The summed E-state index contributed by atoms with van der Waals surface area (Å²) < 4.78 is 8.51. The van der Waals surface area contributed by atoms with Crippen LogP contribution in [0.5, 0.6) is 0 Å². The second-order valence-corrected chi connectivity index (χ2v) is 0.729. The van der Waals surface area contributed by atoms with Gasteiger partial charge in [-0.25, -0.2) is 0 Å². The molecule has 0 heterocycles. The van der Waals surface area contributed by atoms with Gasteiger partial charge < -0.3 is 11.5 Å². The molecular weight excluding hydrogens is 117 g/mol. The summed E-state index contributed by atoms with van der Waals surface area (Å²) in [6, 6.07) is 0. The van der Waals surface area contributed by atoms with Crippen LogP contribution >= 0.6 is 8.69 Å². The summed E-state index contributed by atoms with van der Waals surface area (Å²) >= 11 is 0. The van der Waals surface area contributed by atoms with E-state index < -0.39 is 8.69 Å². The lowest BCUT2D eigenvalue weighted by atomic mass is 11.1. The van der Waals surface area contributed by atoms with Crippen LogP contribution in [0.25, 0.3) is 0 Å². The molecule has 0 rings (SSSR count). The second kappa shape index (κ2) is 9.01. The maximum Gasteiger partial charge on any atom is 0.491 e. The third-order valence-electron chi connectivity index (χ3n) is 0. The van der Waals surface area contributed by atoms with Gasteiger partial charge in [0.25, 0.3) is 0 Å². The maximum absolute atomic E-state index is 8.51. The highest BCUT2D eigenvalue weighted by Crippen LogP contribution is 1.66. The van der Waals surface area contributed by atoms with Gasteiger partial charge in [-0.2, -0.15) is 4.89 Å². The molecule has 0 radical (unpaired) electrons. The minimum atomic E-state index is -1.17. The second-order valence-electron chi connectivity index (χ2n) is 0.547. The van der Waals surface area contributed by atoms with Gasteiger partial charge in [0.2, 0.25) is 0 Å². The molecule has 0 amide bonds. The molecule has 0 aromatic rings. The van der Waals surface area contributed by atoms with Gasteiger partial charge in [-0.1, -0.05) is 0 Å². The van der Waals surface area contributed by atoms with Crippen LogP contribution in [0.1, 0.15) is 0 Å². The topological polar surface area (TPSA) is 113 Å². The van der Waals surface area contributed by atoms with Crippen LogP contribution in [-0.2, 0) is 4.57 Å². The van der Waals surface area contributed by atoms with Crippen molar-refractivity contribution in [3.05, 3.63) is 0 Å². The normalized spacial score (nSPS) is 6.43. The van der Waals surface area contributed by atoms with Crippen molar-refractivity contribution >= 4 is 14.6 Å². The van der Waals surface area contributed by atoms with E-state index >= 15 is 0 Å². The molecule has 0 aliphatic rings. The smallest absolute Gasteiger partial charge is 0.370 e. The van der Waals surface area contributed by atoms with Crippen LogP contribution in [0.3, 0.4) is 0 Å². The largest absolute Gasteiger partial charge is 0.491 e. The summed E-state index contributed by atoms with van der Waals surface area (Å²) in [6.45, 7) is 0. The summed E-state index contributed by atoms with van der Waals surface area (Å²) in [5, 5.41) is 6.06. The Labute approximate surface area is 42.1 Å². The Morgan fingerprint density at radius 2 is 1.71 bits per heavy atom. The lowest BCUT2D eigenvalue weighted by molar-refractivity contribution is 0.524. The van der Waals surface area contributed by atoms with Crippen molar-refractivity contribution in [2.45, 2.75) is 0 Å². The van der Waals surface area contributed by atoms with Crippen molar-refractivity contribution in [2.24, 2.45) is 11.5 Å². The molecule has 0 aromatic heterocycles. The van der Waals surface area contributed by atoms with Crippen molar-refractivity contribution in [2.75, 3.05) is 0 Å². The first-order valence-electron chi connectivity index (χ1n) is 1.26. The summed E-state index contributed by atoms with van der Waals surface area (Å²) in [4.78, 5) is 7.04. The quantitative estimate of drug-likeness (QED) is 0.183. The van der Waals surface area contributed by atoms with Gasteiger partial charge in [-0.3, -0.25) is 5.41 Å². The fourth-order valence-electron chi connectivity index (χ4n) is 0. The molecule has 0 aliphatic heterocycles. The van der Waals surface area contributed by atoms with Gasteiger partial charge >= 0.3 is 8.69 Å². The van der Waals surface area contributed by atoms with Crippen molar-refractivity contribution in [1.82, 2.24) is 0 Å². The molecule has 0 bridgehead atoms. The molecule has 6 heteroatoms. The summed E-state index contributed by atoms with van der Waals surface area (Å²) in [7, 11) is -1.17. The van der Waals surface area contributed by atoms with Gasteiger partial charge in [0, 0.05) is 0 Å². The third-order valence-corrected chi connectivity index (χ3v) is 0. The van der Waals surface area contributed by atoms with Crippen LogP contribution < -0.4 is 11.5 Å². The lowest BCUT2D eigenvalue weighted by Crippen LogP contribution is -2.20. The first-order chi connectivity index (χ1) is 3.15. The zero-order valence-electron chi connectivity index (χ0n) is 3.51. The predicted octanol–water partition coefficient (Wildman–Crippen LogP) is -1.24. The van der Waals surface area contributed by atoms with E-state index in [1.807, 2.05) is 0 Å². The van der Waals surface area contributed by atoms with Crippen molar-refractivity contribution in [3.8, 4) is 0 Å². The van der Waals surface area contributed by atoms with Crippen LogP contribution in [0.4, 0.5) is 0 Å². The first-order valence-corrected chi connectivity index (χ1v) is 2.11. The molecule has 6 N–H and O–H groups in total. The number of nitrogens with two attached hydrogens (primary N) is 2. The fraction of sp³-hybridized carbons (Fsp3) is 0. The van der Waals surface area contributed by atoms with E-state index in [0.717, 1.165) is 0 Å². The number of nitrogens with one attached hydrogen (secondary N) is 1. The van der Waals surface area contributed by atoms with E-state index in [-0.39, 0.29) is 5.96 Å². The van der Waals surface area contributed by atoms with Crippen LogP contribution in [0.15, 0.2) is 0 Å². The number of guanidine groups is 1. The summed E-state index contributed by atoms with van der Waals surface area (Å²) in [5.41, 5.74) is 8.94. The zero-order chi connectivity index (χ0) is 6.28. The highest BCUT2D eigenvalue weighted by Gasteiger charge is 1.52. The lowest BCUT2D eigenvalue weighted by Gasteiger charge is -1.69. The molecule has 1 unspecified atom stereocenters. The number of hydrogen-bond donors (Lipinski definition) is 4. The Morgan fingerprint density at radius 1 is 1.71 bits per heavy atom. The number of rotatable bonds is 0. The Hall–Kier alpha value is -0.670. The van der Waals surface area contributed by atoms with Crippen molar-refractivity contribution in [3.63, 3.8) is 0 Å². The zero-order valence-corrected chi connectivity index (χ0v) is 4.51. The molecule has 42 valence electrons. The Balaban J connectivity index is 0. The van der Waals surface area contributed by atoms with Crippen LogP contribution in [-0.4, -0.2) is 10.9 Å². The minimum Gasteiger partial charge on any atom is -0.370 e. The molecule has 0 spiro atoms. The molecule has 1 atom stereocenters. The van der Waals surface area contributed by atoms with E-state index in [4.69, 9.17) is 14.9 Å². The molecule has 7 heavy (non-hydrogen) atoms. The van der Waals surface area contributed by atoms with E-state index in [1.54, 1.807) is 0 Å². The molecule has 0 fully saturated rings. The monoisotopic (exact) mass is 124 g/mol. The standard InChI is InChI=1S/CH5N3.HO2P/c2-1(3)4;1-3-2/h(H5,2,3,4);3H/p+1. The fourth-order valence-corrected chi connectivity index (χ4v) is 0. The van der Waals surface area contributed by atoms with E-state index in [0.29, 0.717) is 0 Å². The molecule has 0 saturated heterocycles. The minimum absolute atomic E-state index is 0.333. The Kier molecular flexibility index (Phi) is 12.3. The summed E-state index contributed by atoms with van der Waals surface area (Å²) in [5.74, 6) is -0.333. The van der Waals surface area contributed by atoms with Crippen LogP contribution in [0.2, 0.25) is 0 Å². The third kappa shape index (κ3) is 132. The van der Waals surface area contributed by atoms with E-state index in [9.17, 15) is 0 Å². The Morgan fingerprint density at radius 3 is 1.71 bits per heavy atom. The number of hydrogen-bond acceptors (Lipinski definition) is 2. The molecule has 5 nitrogen and oxygen atoms in total. The predicted molar refractivity (Wildman–Crippen MR) is 27.3 cm³/mol. The average Bonchev–Trinajstić information content (AvgIpc) is 1.33. The first kappa shape index (κ1) is 9.59. The molecule has 0 aromatic carbocycles. The summed E-state index contributed by atoms with van der Waals surface area (Å²) in [6.07, 6.45) is 0. The van der Waals surface area contributed by atoms with Crippen LogP contribution in [0, 0.1) is 5.41 Å². The molecular formula is CH7N3O2P+. The van der Waals surface area contributed by atoms with Gasteiger partial charge in [0.15, 0.2) is 5.96 Å². The van der Waals surface area contributed by atoms with Crippen molar-refractivity contribution < 1.29 is 9.46 Å². The SMILES string of the molecule is N=C(N)N.O=[PH+]O. The highest BCUT2D eigenvalue weighted by atomic mass is 31.1. The maximum atomic E-state index is 8.51. The van der Waals surface area contributed by atoms with Crippen molar-refractivity contribution in [1.29, 1.82) is 5.41 Å². The Bertz CT molecular complexity index is 60.0. The molecule has 0 aliphatic carbocycles. The highest BCUT2D eigenvalue weighted by molar-refractivity contribution is 7.16. The average molecular weight is 124 g/mol. The van der Waals surface area contributed by atoms with Gasteiger partial charge in [0.1, 0.15) is 0 Å². The molecule has 0 saturated carbocycles. The van der Waals surface area contributed by atoms with Gasteiger partial charge in [-0.15, -0.1) is 0 Å².